The summed E-state index contributed by atoms with van der Waals surface area (Å²) in [4.78, 5) is 13.3. The van der Waals surface area contributed by atoms with Crippen molar-refractivity contribution >= 4 is 28.5 Å². The lowest BCUT2D eigenvalue weighted by molar-refractivity contribution is 0.0600. The average Bonchev–Trinajstić information content (AvgIpc) is 2.97. The van der Waals surface area contributed by atoms with Crippen molar-refractivity contribution < 1.29 is 14.3 Å². The standard InChI is InChI=1S/C33H25NO3/c1-36-32(35)30-28-20-21-33(23-12-6-3-7-13-23,24-16-18-25(34)19-17-24)37-31(28)27-15-9-8-14-26(27)29(30)22-10-4-2-5-11-22/h2-21H,34H2,1H3. The molecule has 4 nitrogen and oxygen atoms in total. The quantitative estimate of drug-likeness (QED) is 0.216. The zero-order chi connectivity index (χ0) is 25.4. The molecule has 1 unspecified atom stereocenters. The number of hydrogen-bond donors (Lipinski definition) is 1. The molecule has 6 rings (SSSR count). The first-order valence-corrected chi connectivity index (χ1v) is 12.1. The van der Waals surface area contributed by atoms with E-state index in [-0.39, 0.29) is 0 Å². The van der Waals surface area contributed by atoms with E-state index >= 15 is 0 Å². The highest BCUT2D eigenvalue weighted by atomic mass is 16.5. The van der Waals surface area contributed by atoms with E-state index in [1.54, 1.807) is 0 Å². The number of esters is 1. The van der Waals surface area contributed by atoms with E-state index in [2.05, 4.69) is 0 Å². The molecule has 0 saturated heterocycles. The summed E-state index contributed by atoms with van der Waals surface area (Å²) in [7, 11) is 1.41. The van der Waals surface area contributed by atoms with Crippen molar-refractivity contribution in [1.29, 1.82) is 0 Å². The molecule has 5 aromatic rings. The van der Waals surface area contributed by atoms with Crippen molar-refractivity contribution in [3.05, 3.63) is 138 Å². The molecule has 4 heteroatoms. The van der Waals surface area contributed by atoms with Gasteiger partial charge in [0.15, 0.2) is 5.60 Å². The molecule has 1 atom stereocenters. The number of methoxy groups -OCH3 is 1. The summed E-state index contributed by atoms with van der Waals surface area (Å²) in [5.74, 6) is 0.229. The highest BCUT2D eigenvalue weighted by Crippen LogP contribution is 2.49. The van der Waals surface area contributed by atoms with Crippen molar-refractivity contribution in [3.63, 3.8) is 0 Å². The molecule has 2 N–H and O–H groups in total. The molecule has 0 aromatic heterocycles. The van der Waals surface area contributed by atoms with E-state index in [1.165, 1.54) is 7.11 Å². The molecular weight excluding hydrogens is 458 g/mol. The third-order valence-electron chi connectivity index (χ3n) is 6.95. The number of carbonyl (C=O) groups is 1. The summed E-state index contributed by atoms with van der Waals surface area (Å²) >= 11 is 0. The number of rotatable bonds is 4. The average molecular weight is 484 g/mol. The zero-order valence-corrected chi connectivity index (χ0v) is 20.3. The number of fused-ring (bicyclic) bond motifs is 3. The molecule has 0 bridgehead atoms. The van der Waals surface area contributed by atoms with Crippen LogP contribution in [0.5, 0.6) is 5.75 Å². The van der Waals surface area contributed by atoms with Crippen LogP contribution in [0.1, 0.15) is 27.0 Å². The van der Waals surface area contributed by atoms with Crippen molar-refractivity contribution in [1.82, 2.24) is 0 Å². The summed E-state index contributed by atoms with van der Waals surface area (Å²) in [6, 6.07) is 35.8. The molecule has 37 heavy (non-hydrogen) atoms. The van der Waals surface area contributed by atoms with Gasteiger partial charge < -0.3 is 15.2 Å². The van der Waals surface area contributed by atoms with Gasteiger partial charge in [-0.25, -0.2) is 4.79 Å². The number of ether oxygens (including phenoxy) is 2. The maximum atomic E-state index is 13.3. The third-order valence-corrected chi connectivity index (χ3v) is 6.95. The highest BCUT2D eigenvalue weighted by molar-refractivity contribution is 6.14. The molecule has 5 aromatic carbocycles. The Labute approximate surface area is 215 Å². The van der Waals surface area contributed by atoms with Gasteiger partial charge >= 0.3 is 5.97 Å². The number of nitrogen functional groups attached to an aromatic ring is 1. The summed E-state index contributed by atoms with van der Waals surface area (Å²) in [6.45, 7) is 0. The molecule has 0 amide bonds. The molecule has 180 valence electrons. The smallest absolute Gasteiger partial charge is 0.339 e. The van der Waals surface area contributed by atoms with Gasteiger partial charge in [-0.1, -0.05) is 97.1 Å². The second-order valence-corrected chi connectivity index (χ2v) is 9.06. The fourth-order valence-electron chi connectivity index (χ4n) is 5.20. The molecule has 1 heterocycles. The van der Waals surface area contributed by atoms with Crippen LogP contribution in [0, 0.1) is 0 Å². The van der Waals surface area contributed by atoms with E-state index < -0.39 is 11.6 Å². The van der Waals surface area contributed by atoms with Gasteiger partial charge in [0, 0.05) is 33.3 Å². The fourth-order valence-corrected chi connectivity index (χ4v) is 5.20. The number of anilines is 1. The van der Waals surface area contributed by atoms with Gasteiger partial charge in [0.2, 0.25) is 0 Å². The lowest BCUT2D eigenvalue weighted by Crippen LogP contribution is -2.34. The van der Waals surface area contributed by atoms with Crippen LogP contribution >= 0.6 is 0 Å². The van der Waals surface area contributed by atoms with Gasteiger partial charge in [-0.05, 0) is 35.2 Å². The zero-order valence-electron chi connectivity index (χ0n) is 20.3. The first-order valence-electron chi connectivity index (χ1n) is 12.1. The first-order chi connectivity index (χ1) is 18.1. The van der Waals surface area contributed by atoms with Crippen molar-refractivity contribution in [2.45, 2.75) is 5.60 Å². The number of benzene rings is 5. The lowest BCUT2D eigenvalue weighted by atomic mass is 9.81. The fraction of sp³-hybridized carbons (Fsp3) is 0.0606. The van der Waals surface area contributed by atoms with Crippen LogP contribution in [0.2, 0.25) is 0 Å². The molecule has 0 aliphatic carbocycles. The van der Waals surface area contributed by atoms with E-state index in [0.717, 1.165) is 33.0 Å². The Morgan fingerprint density at radius 3 is 2.03 bits per heavy atom. The number of carbonyl (C=O) groups excluding carboxylic acids is 1. The van der Waals surface area contributed by atoms with Crippen LogP contribution in [0.3, 0.4) is 0 Å². The Bertz CT molecular complexity index is 1640. The van der Waals surface area contributed by atoms with Crippen LogP contribution in [0.4, 0.5) is 5.69 Å². The highest BCUT2D eigenvalue weighted by Gasteiger charge is 2.39. The molecule has 0 saturated carbocycles. The topological polar surface area (TPSA) is 61.5 Å². The summed E-state index contributed by atoms with van der Waals surface area (Å²) < 4.78 is 12.3. The van der Waals surface area contributed by atoms with Crippen LogP contribution in [0.25, 0.3) is 28.0 Å². The van der Waals surface area contributed by atoms with E-state index in [9.17, 15) is 4.79 Å². The van der Waals surface area contributed by atoms with Crippen LogP contribution in [-0.2, 0) is 10.3 Å². The van der Waals surface area contributed by atoms with E-state index in [1.807, 2.05) is 121 Å². The molecule has 0 spiro atoms. The predicted molar refractivity (Wildman–Crippen MR) is 148 cm³/mol. The monoisotopic (exact) mass is 483 g/mol. The van der Waals surface area contributed by atoms with Gasteiger partial charge in [0.25, 0.3) is 0 Å². The maximum absolute atomic E-state index is 13.3. The van der Waals surface area contributed by atoms with Gasteiger partial charge in [-0.3, -0.25) is 0 Å². The van der Waals surface area contributed by atoms with Crippen LogP contribution in [-0.4, -0.2) is 13.1 Å². The van der Waals surface area contributed by atoms with Crippen LogP contribution in [0.15, 0.2) is 115 Å². The number of hydrogen-bond acceptors (Lipinski definition) is 4. The SMILES string of the molecule is COC(=O)c1c2c(c3ccccc3c1-c1ccccc1)OC(c1ccccc1)(c1ccc(N)cc1)C=C2. The Balaban J connectivity index is 1.70. The van der Waals surface area contributed by atoms with Crippen LogP contribution < -0.4 is 10.5 Å². The minimum absolute atomic E-state index is 0.409. The Morgan fingerprint density at radius 2 is 1.35 bits per heavy atom. The molecule has 1 aliphatic rings. The van der Waals surface area contributed by atoms with Crippen molar-refractivity contribution in [2.75, 3.05) is 12.8 Å². The second-order valence-electron chi connectivity index (χ2n) is 9.06. The van der Waals surface area contributed by atoms with Crippen molar-refractivity contribution in [2.24, 2.45) is 0 Å². The third kappa shape index (κ3) is 3.66. The minimum atomic E-state index is -0.910. The van der Waals surface area contributed by atoms with Gasteiger partial charge in [0.05, 0.1) is 12.7 Å². The van der Waals surface area contributed by atoms with Gasteiger partial charge in [-0.15, -0.1) is 0 Å². The second kappa shape index (κ2) is 8.99. The summed E-state index contributed by atoms with van der Waals surface area (Å²) in [6.07, 6.45) is 4.01. The maximum Gasteiger partial charge on any atom is 0.339 e. The minimum Gasteiger partial charge on any atom is -0.472 e. The Morgan fingerprint density at radius 1 is 0.757 bits per heavy atom. The lowest BCUT2D eigenvalue weighted by Gasteiger charge is -2.37. The largest absolute Gasteiger partial charge is 0.472 e. The van der Waals surface area contributed by atoms with Gasteiger partial charge in [0.1, 0.15) is 5.75 Å². The predicted octanol–water partition coefficient (Wildman–Crippen LogP) is 7.23. The van der Waals surface area contributed by atoms with Crippen molar-refractivity contribution in [3.8, 4) is 16.9 Å². The molecule has 0 fully saturated rings. The normalized spacial score (nSPS) is 16.1. The first kappa shape index (κ1) is 22.6. The summed E-state index contributed by atoms with van der Waals surface area (Å²) in [5, 5.41) is 1.84. The molecule has 1 aliphatic heterocycles. The Hall–Kier alpha value is -4.83. The molecular formula is C33H25NO3. The number of nitrogens with two attached hydrogens (primary N) is 1. The van der Waals surface area contributed by atoms with E-state index in [0.29, 0.717) is 22.6 Å². The Kier molecular flexibility index (Phi) is 5.50. The summed E-state index contributed by atoms with van der Waals surface area (Å²) in [5.41, 5.74) is 10.6. The molecule has 0 radical (unpaired) electrons. The van der Waals surface area contributed by atoms with Gasteiger partial charge in [-0.2, -0.15) is 0 Å². The van der Waals surface area contributed by atoms with E-state index in [4.69, 9.17) is 15.2 Å².